The number of ether oxygens (including phenoxy) is 2. The van der Waals surface area contributed by atoms with Crippen molar-refractivity contribution in [1.82, 2.24) is 5.32 Å². The number of nitrogens with zero attached hydrogens (tertiary/aromatic N) is 1. The molecule has 116 valence electrons. The van der Waals surface area contributed by atoms with E-state index in [1.165, 1.54) is 6.07 Å². The van der Waals surface area contributed by atoms with Crippen LogP contribution in [0.3, 0.4) is 0 Å². The van der Waals surface area contributed by atoms with Gasteiger partial charge in [0.1, 0.15) is 0 Å². The zero-order valence-electron chi connectivity index (χ0n) is 12.6. The lowest BCUT2D eigenvalue weighted by Gasteiger charge is -2.44. The molecular formula is C15H22N2O4. The third-order valence-electron chi connectivity index (χ3n) is 3.95. The van der Waals surface area contributed by atoms with Crippen LogP contribution in [0.4, 0.5) is 5.69 Å². The van der Waals surface area contributed by atoms with Gasteiger partial charge in [-0.25, -0.2) is 0 Å². The molecule has 0 aromatic heterocycles. The molecule has 1 N–H and O–H groups in total. The van der Waals surface area contributed by atoms with Crippen LogP contribution >= 0.6 is 0 Å². The van der Waals surface area contributed by atoms with Crippen LogP contribution in [0.15, 0.2) is 24.3 Å². The third-order valence-corrected chi connectivity index (χ3v) is 3.95. The van der Waals surface area contributed by atoms with E-state index in [-0.39, 0.29) is 34.9 Å². The summed E-state index contributed by atoms with van der Waals surface area (Å²) >= 11 is 0. The van der Waals surface area contributed by atoms with Crippen LogP contribution in [0.2, 0.25) is 0 Å². The molecule has 1 aliphatic carbocycles. The van der Waals surface area contributed by atoms with Gasteiger partial charge in [-0.15, -0.1) is 0 Å². The molecule has 0 bridgehead atoms. The first-order valence-corrected chi connectivity index (χ1v) is 7.21. The number of rotatable bonds is 7. The molecule has 0 heterocycles. The first kappa shape index (κ1) is 15.9. The number of hydrogen-bond donors (Lipinski definition) is 1. The second-order valence-corrected chi connectivity index (χ2v) is 5.28. The van der Waals surface area contributed by atoms with Crippen molar-refractivity contribution in [2.75, 3.05) is 13.7 Å². The lowest BCUT2D eigenvalue weighted by atomic mass is 9.84. The molecular weight excluding hydrogens is 272 g/mol. The Labute approximate surface area is 124 Å². The van der Waals surface area contributed by atoms with Gasteiger partial charge in [0, 0.05) is 37.9 Å². The molecule has 1 saturated carbocycles. The molecule has 0 amide bonds. The normalized spacial score (nSPS) is 26.1. The summed E-state index contributed by atoms with van der Waals surface area (Å²) in [6.45, 7) is 4.65. The highest BCUT2D eigenvalue weighted by molar-refractivity contribution is 5.35. The van der Waals surface area contributed by atoms with Crippen LogP contribution in [0.25, 0.3) is 0 Å². The van der Waals surface area contributed by atoms with Crippen LogP contribution < -0.4 is 5.32 Å². The van der Waals surface area contributed by atoms with Gasteiger partial charge in [-0.2, -0.15) is 0 Å². The van der Waals surface area contributed by atoms with Crippen molar-refractivity contribution < 1.29 is 14.4 Å². The summed E-state index contributed by atoms with van der Waals surface area (Å²) in [5.74, 6) is 0. The Morgan fingerprint density at radius 1 is 1.52 bits per heavy atom. The van der Waals surface area contributed by atoms with Gasteiger partial charge in [-0.1, -0.05) is 12.1 Å². The van der Waals surface area contributed by atoms with Gasteiger partial charge in [0.05, 0.1) is 17.1 Å². The highest BCUT2D eigenvalue weighted by atomic mass is 16.6. The number of nitro groups is 1. The van der Waals surface area contributed by atoms with Crippen molar-refractivity contribution in [2.24, 2.45) is 0 Å². The third kappa shape index (κ3) is 3.58. The van der Waals surface area contributed by atoms with E-state index in [1.54, 1.807) is 19.2 Å². The summed E-state index contributed by atoms with van der Waals surface area (Å²) in [5.41, 5.74) is 1.02. The Kier molecular flexibility index (Phi) is 5.27. The molecule has 4 atom stereocenters. The fourth-order valence-electron chi connectivity index (χ4n) is 2.76. The largest absolute Gasteiger partial charge is 0.377 e. The van der Waals surface area contributed by atoms with E-state index in [9.17, 15) is 10.1 Å². The summed E-state index contributed by atoms with van der Waals surface area (Å²) in [6, 6.07) is 6.95. The highest BCUT2D eigenvalue weighted by Gasteiger charge is 2.42. The zero-order valence-corrected chi connectivity index (χ0v) is 12.6. The quantitative estimate of drug-likeness (QED) is 0.617. The predicted molar refractivity (Wildman–Crippen MR) is 79.3 cm³/mol. The second-order valence-electron chi connectivity index (χ2n) is 5.28. The van der Waals surface area contributed by atoms with Crippen LogP contribution in [-0.2, 0) is 9.47 Å². The summed E-state index contributed by atoms with van der Waals surface area (Å²) in [6.07, 6.45) is 1.06. The molecule has 0 spiro atoms. The molecule has 0 radical (unpaired) electrons. The number of hydrogen-bond acceptors (Lipinski definition) is 5. The van der Waals surface area contributed by atoms with Gasteiger partial charge < -0.3 is 14.8 Å². The Balaban J connectivity index is 1.97. The zero-order chi connectivity index (χ0) is 15.4. The highest BCUT2D eigenvalue weighted by Crippen LogP contribution is 2.29. The molecule has 0 aliphatic heterocycles. The van der Waals surface area contributed by atoms with Crippen molar-refractivity contribution >= 4 is 5.69 Å². The standard InChI is InChI=1S/C15H22N2O4/c1-4-21-14-9-13(15(14)20-3)16-10(2)11-6-5-7-12(8-11)17(18)19/h5-8,10,13-16H,4,9H2,1-3H3. The maximum absolute atomic E-state index is 10.8. The maximum Gasteiger partial charge on any atom is 0.269 e. The Morgan fingerprint density at radius 2 is 2.29 bits per heavy atom. The van der Waals surface area contributed by atoms with Crippen LogP contribution in [-0.4, -0.2) is 36.9 Å². The lowest BCUT2D eigenvalue weighted by molar-refractivity contribution is -0.384. The van der Waals surface area contributed by atoms with Gasteiger partial charge in [0.2, 0.25) is 0 Å². The van der Waals surface area contributed by atoms with Gasteiger partial charge in [-0.05, 0) is 25.8 Å². The molecule has 1 aromatic rings. The summed E-state index contributed by atoms with van der Waals surface area (Å²) in [7, 11) is 1.68. The topological polar surface area (TPSA) is 73.6 Å². The average Bonchev–Trinajstić information content (AvgIpc) is 2.46. The summed E-state index contributed by atoms with van der Waals surface area (Å²) in [4.78, 5) is 10.5. The minimum atomic E-state index is -0.372. The minimum Gasteiger partial charge on any atom is -0.377 e. The molecule has 2 rings (SSSR count). The molecule has 21 heavy (non-hydrogen) atoms. The Morgan fingerprint density at radius 3 is 2.90 bits per heavy atom. The van der Waals surface area contributed by atoms with E-state index in [2.05, 4.69) is 5.32 Å². The Hall–Kier alpha value is -1.50. The number of nitrogens with one attached hydrogen (secondary N) is 1. The minimum absolute atomic E-state index is 0.0233. The fourth-order valence-corrected chi connectivity index (χ4v) is 2.76. The first-order chi connectivity index (χ1) is 10.1. The second kappa shape index (κ2) is 6.98. The van der Waals surface area contributed by atoms with Gasteiger partial charge >= 0.3 is 0 Å². The van der Waals surface area contributed by atoms with E-state index >= 15 is 0 Å². The number of non-ortho nitro benzene ring substituents is 1. The van der Waals surface area contributed by atoms with E-state index in [1.807, 2.05) is 19.9 Å². The van der Waals surface area contributed by atoms with Crippen molar-refractivity contribution in [2.45, 2.75) is 44.6 Å². The monoisotopic (exact) mass is 294 g/mol. The number of benzene rings is 1. The molecule has 0 saturated heterocycles. The first-order valence-electron chi connectivity index (χ1n) is 7.21. The predicted octanol–water partition coefficient (Wildman–Crippen LogP) is 2.44. The van der Waals surface area contributed by atoms with Gasteiger partial charge in [0.25, 0.3) is 5.69 Å². The van der Waals surface area contributed by atoms with E-state index < -0.39 is 0 Å². The van der Waals surface area contributed by atoms with Gasteiger partial charge in [-0.3, -0.25) is 10.1 Å². The molecule has 1 aromatic carbocycles. The lowest BCUT2D eigenvalue weighted by Crippen LogP contribution is -2.60. The Bertz CT molecular complexity index is 494. The van der Waals surface area contributed by atoms with Crippen LogP contribution in [0.5, 0.6) is 0 Å². The van der Waals surface area contributed by atoms with Gasteiger partial charge in [0.15, 0.2) is 0 Å². The van der Waals surface area contributed by atoms with Crippen molar-refractivity contribution in [3.63, 3.8) is 0 Å². The molecule has 1 aliphatic rings. The SMILES string of the molecule is CCOC1CC(NC(C)c2cccc([N+](=O)[O-])c2)C1OC. The summed E-state index contributed by atoms with van der Waals surface area (Å²) < 4.78 is 11.1. The average molecular weight is 294 g/mol. The number of methoxy groups -OCH3 is 1. The van der Waals surface area contributed by atoms with Crippen LogP contribution in [0, 0.1) is 10.1 Å². The molecule has 6 nitrogen and oxygen atoms in total. The van der Waals surface area contributed by atoms with E-state index in [0.717, 1.165) is 12.0 Å². The number of nitro benzene ring substituents is 1. The van der Waals surface area contributed by atoms with Crippen molar-refractivity contribution in [3.05, 3.63) is 39.9 Å². The molecule has 6 heteroatoms. The van der Waals surface area contributed by atoms with E-state index in [0.29, 0.717) is 6.61 Å². The van der Waals surface area contributed by atoms with Crippen molar-refractivity contribution in [3.8, 4) is 0 Å². The maximum atomic E-state index is 10.8. The summed E-state index contributed by atoms with van der Waals surface area (Å²) in [5, 5.41) is 14.3. The van der Waals surface area contributed by atoms with E-state index in [4.69, 9.17) is 9.47 Å². The van der Waals surface area contributed by atoms with Crippen LogP contribution in [0.1, 0.15) is 31.9 Å². The van der Waals surface area contributed by atoms with Crippen molar-refractivity contribution in [1.29, 1.82) is 0 Å². The molecule has 4 unspecified atom stereocenters. The smallest absolute Gasteiger partial charge is 0.269 e. The fraction of sp³-hybridized carbons (Fsp3) is 0.600. The molecule has 1 fully saturated rings.